The molecular formula is C16H22N2OS. The summed E-state index contributed by atoms with van der Waals surface area (Å²) >= 11 is 1.82. The molecule has 1 atom stereocenters. The van der Waals surface area contributed by atoms with Crippen LogP contribution in [-0.4, -0.2) is 42.2 Å². The molecule has 2 heterocycles. The van der Waals surface area contributed by atoms with E-state index in [4.69, 9.17) is 0 Å². The Morgan fingerprint density at radius 3 is 2.85 bits per heavy atom. The van der Waals surface area contributed by atoms with Gasteiger partial charge in [-0.15, -0.1) is 11.8 Å². The number of amides is 1. The molecule has 1 fully saturated rings. The van der Waals surface area contributed by atoms with Crippen LogP contribution in [-0.2, 0) is 4.79 Å². The maximum absolute atomic E-state index is 12.9. The van der Waals surface area contributed by atoms with Crippen LogP contribution in [0.15, 0.2) is 29.2 Å². The Bertz CT molecular complexity index is 485. The Morgan fingerprint density at radius 1 is 1.35 bits per heavy atom. The molecule has 1 saturated heterocycles. The van der Waals surface area contributed by atoms with Crippen molar-refractivity contribution in [2.24, 2.45) is 0 Å². The number of likely N-dealkylation sites (N-methyl/N-ethyl adjacent to an activating group) is 1. The van der Waals surface area contributed by atoms with E-state index >= 15 is 0 Å². The molecule has 1 aromatic rings. The molecule has 1 aromatic carbocycles. The number of fused-ring (bicyclic) bond motifs is 1. The SMILES string of the molecule is CCN(C(=O)C1CSc2ccccc21)C1CCNCC1. The first-order chi connectivity index (χ1) is 9.81. The first kappa shape index (κ1) is 14.0. The molecule has 3 rings (SSSR count). The number of nitrogens with zero attached hydrogens (tertiary/aromatic N) is 1. The van der Waals surface area contributed by atoms with E-state index in [9.17, 15) is 4.79 Å². The van der Waals surface area contributed by atoms with Gasteiger partial charge in [0.05, 0.1) is 5.92 Å². The second-order valence-corrected chi connectivity index (χ2v) is 6.57. The zero-order valence-electron chi connectivity index (χ0n) is 12.0. The number of nitrogens with one attached hydrogen (secondary N) is 1. The van der Waals surface area contributed by atoms with E-state index in [1.54, 1.807) is 0 Å². The van der Waals surface area contributed by atoms with Crippen LogP contribution in [0.4, 0.5) is 0 Å². The predicted molar refractivity (Wildman–Crippen MR) is 83.2 cm³/mol. The highest BCUT2D eigenvalue weighted by molar-refractivity contribution is 7.99. The van der Waals surface area contributed by atoms with Gasteiger partial charge in [-0.1, -0.05) is 18.2 Å². The largest absolute Gasteiger partial charge is 0.339 e. The molecule has 0 radical (unpaired) electrons. The molecule has 108 valence electrons. The summed E-state index contributed by atoms with van der Waals surface area (Å²) in [5.41, 5.74) is 1.23. The maximum atomic E-state index is 12.9. The minimum Gasteiger partial charge on any atom is -0.339 e. The van der Waals surface area contributed by atoms with Gasteiger partial charge in [0.25, 0.3) is 0 Å². The summed E-state index contributed by atoms with van der Waals surface area (Å²) in [5, 5.41) is 3.38. The van der Waals surface area contributed by atoms with Gasteiger partial charge in [-0.25, -0.2) is 0 Å². The Balaban J connectivity index is 1.77. The van der Waals surface area contributed by atoms with Gasteiger partial charge in [-0.3, -0.25) is 4.79 Å². The fraction of sp³-hybridized carbons (Fsp3) is 0.562. The van der Waals surface area contributed by atoms with Crippen molar-refractivity contribution in [3.8, 4) is 0 Å². The van der Waals surface area contributed by atoms with Crippen molar-refractivity contribution in [2.45, 2.75) is 36.6 Å². The summed E-state index contributed by atoms with van der Waals surface area (Å²) in [4.78, 5) is 16.3. The van der Waals surface area contributed by atoms with Gasteiger partial charge in [0, 0.05) is 23.2 Å². The van der Waals surface area contributed by atoms with Crippen LogP contribution in [0.5, 0.6) is 0 Å². The molecule has 4 heteroatoms. The van der Waals surface area contributed by atoms with Gasteiger partial charge < -0.3 is 10.2 Å². The van der Waals surface area contributed by atoms with Crippen molar-refractivity contribution < 1.29 is 4.79 Å². The van der Waals surface area contributed by atoms with Crippen molar-refractivity contribution in [1.29, 1.82) is 0 Å². The van der Waals surface area contributed by atoms with E-state index in [2.05, 4.69) is 35.3 Å². The zero-order chi connectivity index (χ0) is 13.9. The number of piperidine rings is 1. The number of benzene rings is 1. The average molecular weight is 290 g/mol. The molecule has 2 aliphatic heterocycles. The van der Waals surface area contributed by atoms with Crippen LogP contribution < -0.4 is 5.32 Å². The fourth-order valence-corrected chi connectivity index (χ4v) is 4.50. The Kier molecular flexibility index (Phi) is 4.32. The van der Waals surface area contributed by atoms with Crippen molar-refractivity contribution >= 4 is 17.7 Å². The summed E-state index contributed by atoms with van der Waals surface area (Å²) in [5.74, 6) is 1.29. The molecule has 0 aromatic heterocycles. The average Bonchev–Trinajstić information content (AvgIpc) is 2.93. The van der Waals surface area contributed by atoms with E-state index < -0.39 is 0 Å². The van der Waals surface area contributed by atoms with Gasteiger partial charge in [-0.05, 0) is 44.5 Å². The fourth-order valence-electron chi connectivity index (χ4n) is 3.28. The van der Waals surface area contributed by atoms with Crippen LogP contribution in [0.1, 0.15) is 31.2 Å². The number of carbonyl (C=O) groups excluding carboxylic acids is 1. The highest BCUT2D eigenvalue weighted by Crippen LogP contribution is 2.40. The molecule has 0 aliphatic carbocycles. The summed E-state index contributed by atoms with van der Waals surface area (Å²) in [6.45, 7) is 5.00. The second kappa shape index (κ2) is 6.19. The summed E-state index contributed by atoms with van der Waals surface area (Å²) in [6.07, 6.45) is 2.17. The smallest absolute Gasteiger partial charge is 0.231 e. The third-order valence-electron chi connectivity index (χ3n) is 4.37. The molecule has 2 aliphatic rings. The third kappa shape index (κ3) is 2.59. The van der Waals surface area contributed by atoms with Gasteiger partial charge in [0.1, 0.15) is 0 Å². The normalized spacial score (nSPS) is 22.6. The molecule has 1 unspecified atom stereocenters. The number of rotatable bonds is 3. The lowest BCUT2D eigenvalue weighted by atomic mass is 9.97. The van der Waals surface area contributed by atoms with E-state index in [1.807, 2.05) is 17.8 Å². The molecule has 20 heavy (non-hydrogen) atoms. The summed E-state index contributed by atoms with van der Waals surface area (Å²) < 4.78 is 0. The Hall–Kier alpha value is -1.00. The number of hydrogen-bond donors (Lipinski definition) is 1. The quantitative estimate of drug-likeness (QED) is 0.928. The number of carbonyl (C=O) groups is 1. The van der Waals surface area contributed by atoms with E-state index in [1.165, 1.54) is 10.5 Å². The predicted octanol–water partition coefficient (Wildman–Crippen LogP) is 2.48. The van der Waals surface area contributed by atoms with Crippen molar-refractivity contribution in [3.05, 3.63) is 29.8 Å². The van der Waals surface area contributed by atoms with Crippen molar-refractivity contribution in [2.75, 3.05) is 25.4 Å². The van der Waals surface area contributed by atoms with Crippen LogP contribution in [0.2, 0.25) is 0 Å². The molecular weight excluding hydrogens is 268 g/mol. The van der Waals surface area contributed by atoms with Gasteiger partial charge >= 0.3 is 0 Å². The van der Waals surface area contributed by atoms with Crippen molar-refractivity contribution in [1.82, 2.24) is 10.2 Å². The Labute approximate surface area is 125 Å². The summed E-state index contributed by atoms with van der Waals surface area (Å²) in [6, 6.07) is 8.78. The molecule has 3 nitrogen and oxygen atoms in total. The molecule has 0 bridgehead atoms. The van der Waals surface area contributed by atoms with Crippen molar-refractivity contribution in [3.63, 3.8) is 0 Å². The number of thioether (sulfide) groups is 1. The third-order valence-corrected chi connectivity index (χ3v) is 5.55. The lowest BCUT2D eigenvalue weighted by Gasteiger charge is -2.35. The molecule has 1 amide bonds. The van der Waals surface area contributed by atoms with Gasteiger partial charge in [0.2, 0.25) is 5.91 Å². The lowest BCUT2D eigenvalue weighted by molar-refractivity contribution is -0.134. The zero-order valence-corrected chi connectivity index (χ0v) is 12.8. The van der Waals surface area contributed by atoms with E-state index in [0.717, 1.165) is 38.2 Å². The highest BCUT2D eigenvalue weighted by Gasteiger charge is 2.34. The van der Waals surface area contributed by atoms with Gasteiger partial charge in [-0.2, -0.15) is 0 Å². The van der Waals surface area contributed by atoms with Crippen LogP contribution >= 0.6 is 11.8 Å². The minimum atomic E-state index is 0.0611. The van der Waals surface area contributed by atoms with Gasteiger partial charge in [0.15, 0.2) is 0 Å². The molecule has 1 N–H and O–H groups in total. The molecule has 0 spiro atoms. The molecule has 0 saturated carbocycles. The van der Waals surface area contributed by atoms with Crippen LogP contribution in [0, 0.1) is 0 Å². The maximum Gasteiger partial charge on any atom is 0.231 e. The van der Waals surface area contributed by atoms with E-state index in [-0.39, 0.29) is 5.92 Å². The topological polar surface area (TPSA) is 32.3 Å². The Morgan fingerprint density at radius 2 is 2.10 bits per heavy atom. The van der Waals surface area contributed by atoms with Crippen LogP contribution in [0.25, 0.3) is 0 Å². The van der Waals surface area contributed by atoms with E-state index in [0.29, 0.717) is 11.9 Å². The lowest BCUT2D eigenvalue weighted by Crippen LogP contribution is -2.47. The first-order valence-electron chi connectivity index (χ1n) is 7.54. The monoisotopic (exact) mass is 290 g/mol. The number of hydrogen-bond acceptors (Lipinski definition) is 3. The highest BCUT2D eigenvalue weighted by atomic mass is 32.2. The standard InChI is InChI=1S/C16H22N2OS/c1-2-18(12-7-9-17-10-8-12)16(19)14-11-20-15-6-4-3-5-13(14)15/h3-6,12,14,17H,2,7-11H2,1H3. The second-order valence-electron chi connectivity index (χ2n) is 5.51. The van der Waals surface area contributed by atoms with Crippen LogP contribution in [0.3, 0.4) is 0 Å². The summed E-state index contributed by atoms with van der Waals surface area (Å²) in [7, 11) is 0. The minimum absolute atomic E-state index is 0.0611. The first-order valence-corrected chi connectivity index (χ1v) is 8.52.